The van der Waals surface area contributed by atoms with Gasteiger partial charge in [-0.1, -0.05) is 0 Å². The molecule has 0 radical (unpaired) electrons. The van der Waals surface area contributed by atoms with Crippen molar-refractivity contribution in [1.82, 2.24) is 4.90 Å². The van der Waals surface area contributed by atoms with Crippen LogP contribution in [-0.4, -0.2) is 43.8 Å². The van der Waals surface area contributed by atoms with E-state index in [0.717, 1.165) is 19.8 Å². The van der Waals surface area contributed by atoms with Gasteiger partial charge in [-0.3, -0.25) is 4.90 Å². The van der Waals surface area contributed by atoms with E-state index in [2.05, 4.69) is 4.90 Å². The van der Waals surface area contributed by atoms with Crippen molar-refractivity contribution >= 4 is 0 Å². The first-order valence-electron chi connectivity index (χ1n) is 5.43. The second-order valence-corrected chi connectivity index (χ2v) is 4.17. The predicted molar refractivity (Wildman–Crippen MR) is 52.6 cm³/mol. The average Bonchev–Trinajstić information content (AvgIpc) is 2.76. The zero-order chi connectivity index (χ0) is 9.10. The fourth-order valence-corrected chi connectivity index (χ4v) is 2.57. The maximum atomic E-state index is 5.84. The molecule has 2 heterocycles. The summed E-state index contributed by atoms with van der Waals surface area (Å²) in [7, 11) is 0. The number of nitrogens with zero attached hydrogens (tertiary/aromatic N) is 1. The van der Waals surface area contributed by atoms with Crippen molar-refractivity contribution in [2.24, 2.45) is 11.7 Å². The highest BCUT2D eigenvalue weighted by Crippen LogP contribution is 2.23. The molecule has 2 fully saturated rings. The number of nitrogens with two attached hydrogens (primary N) is 1. The monoisotopic (exact) mass is 184 g/mol. The topological polar surface area (TPSA) is 38.5 Å². The summed E-state index contributed by atoms with van der Waals surface area (Å²) in [4.78, 5) is 2.55. The van der Waals surface area contributed by atoms with Crippen LogP contribution in [0.15, 0.2) is 0 Å². The first kappa shape index (κ1) is 9.44. The van der Waals surface area contributed by atoms with Crippen LogP contribution in [0.2, 0.25) is 0 Å². The normalized spacial score (nSPS) is 32.5. The summed E-state index contributed by atoms with van der Waals surface area (Å²) < 4.78 is 5.42. The van der Waals surface area contributed by atoms with E-state index in [-0.39, 0.29) is 0 Å². The summed E-state index contributed by atoms with van der Waals surface area (Å²) in [5.74, 6) is 0.697. The lowest BCUT2D eigenvalue weighted by molar-refractivity contribution is 0.140. The predicted octanol–water partition coefficient (Wildman–Crippen LogP) is 0.446. The number of likely N-dealkylation sites (tertiary alicyclic amines) is 1. The Bertz CT molecular complexity index is 135. The molecule has 2 rings (SSSR count). The molecule has 0 amide bonds. The third-order valence-electron chi connectivity index (χ3n) is 3.36. The molecule has 0 aliphatic carbocycles. The summed E-state index contributed by atoms with van der Waals surface area (Å²) in [6, 6.07) is 0.588. The summed E-state index contributed by atoms with van der Waals surface area (Å²) in [6.45, 7) is 5.16. The van der Waals surface area contributed by atoms with Gasteiger partial charge in [0, 0.05) is 25.1 Å². The lowest BCUT2D eigenvalue weighted by Crippen LogP contribution is -2.44. The Morgan fingerprint density at radius 1 is 1.38 bits per heavy atom. The van der Waals surface area contributed by atoms with Crippen LogP contribution in [0.5, 0.6) is 0 Å². The minimum absolute atomic E-state index is 0.588. The van der Waals surface area contributed by atoms with Gasteiger partial charge in [0.1, 0.15) is 0 Å². The van der Waals surface area contributed by atoms with Gasteiger partial charge in [-0.2, -0.15) is 0 Å². The summed E-state index contributed by atoms with van der Waals surface area (Å²) in [5.41, 5.74) is 5.84. The fraction of sp³-hybridized carbons (Fsp3) is 1.00. The van der Waals surface area contributed by atoms with Crippen LogP contribution in [0.1, 0.15) is 19.3 Å². The first-order valence-corrected chi connectivity index (χ1v) is 5.43. The highest BCUT2D eigenvalue weighted by molar-refractivity contribution is 4.84. The van der Waals surface area contributed by atoms with Gasteiger partial charge < -0.3 is 10.5 Å². The second-order valence-electron chi connectivity index (χ2n) is 4.17. The minimum Gasteiger partial charge on any atom is -0.381 e. The number of hydrogen-bond donors (Lipinski definition) is 1. The quantitative estimate of drug-likeness (QED) is 0.692. The molecule has 76 valence electrons. The van der Waals surface area contributed by atoms with Crippen molar-refractivity contribution in [3.05, 3.63) is 0 Å². The third kappa shape index (κ3) is 2.03. The van der Waals surface area contributed by atoms with Crippen molar-refractivity contribution in [2.75, 3.05) is 32.8 Å². The SMILES string of the molecule is NCC(C1CCOC1)N1CCCC1. The molecule has 2 aliphatic heterocycles. The van der Waals surface area contributed by atoms with Crippen molar-refractivity contribution in [3.8, 4) is 0 Å². The van der Waals surface area contributed by atoms with Crippen LogP contribution in [0.3, 0.4) is 0 Å². The van der Waals surface area contributed by atoms with Crippen LogP contribution in [0.25, 0.3) is 0 Å². The largest absolute Gasteiger partial charge is 0.381 e. The first-order chi connectivity index (χ1) is 6.42. The molecule has 0 aromatic carbocycles. The van der Waals surface area contributed by atoms with E-state index in [1.54, 1.807) is 0 Å². The highest BCUT2D eigenvalue weighted by atomic mass is 16.5. The summed E-state index contributed by atoms with van der Waals surface area (Å²) >= 11 is 0. The van der Waals surface area contributed by atoms with E-state index >= 15 is 0 Å². The molecular formula is C10H20N2O. The Labute approximate surface area is 80.2 Å². The van der Waals surface area contributed by atoms with E-state index < -0.39 is 0 Å². The lowest BCUT2D eigenvalue weighted by atomic mass is 9.98. The highest BCUT2D eigenvalue weighted by Gasteiger charge is 2.30. The van der Waals surface area contributed by atoms with Gasteiger partial charge in [-0.25, -0.2) is 0 Å². The van der Waals surface area contributed by atoms with E-state index in [1.165, 1.54) is 32.4 Å². The number of ether oxygens (including phenoxy) is 1. The maximum absolute atomic E-state index is 5.84. The van der Waals surface area contributed by atoms with Crippen molar-refractivity contribution in [2.45, 2.75) is 25.3 Å². The lowest BCUT2D eigenvalue weighted by Gasteiger charge is -2.30. The Balaban J connectivity index is 1.90. The number of rotatable bonds is 3. The van der Waals surface area contributed by atoms with Crippen LogP contribution < -0.4 is 5.73 Å². The van der Waals surface area contributed by atoms with Gasteiger partial charge in [0.05, 0.1) is 6.61 Å². The van der Waals surface area contributed by atoms with Gasteiger partial charge in [0.15, 0.2) is 0 Å². The van der Waals surface area contributed by atoms with Gasteiger partial charge in [-0.05, 0) is 32.4 Å². The zero-order valence-electron chi connectivity index (χ0n) is 8.24. The number of hydrogen-bond acceptors (Lipinski definition) is 3. The molecule has 0 spiro atoms. The minimum atomic E-state index is 0.588. The Morgan fingerprint density at radius 3 is 2.69 bits per heavy atom. The molecule has 0 aromatic rings. The Morgan fingerprint density at radius 2 is 2.15 bits per heavy atom. The summed E-state index contributed by atoms with van der Waals surface area (Å²) in [6.07, 6.45) is 3.91. The van der Waals surface area contributed by atoms with E-state index in [0.29, 0.717) is 12.0 Å². The molecule has 2 atom stereocenters. The van der Waals surface area contributed by atoms with Gasteiger partial charge in [0.25, 0.3) is 0 Å². The molecule has 2 aliphatic rings. The molecule has 0 bridgehead atoms. The van der Waals surface area contributed by atoms with Crippen molar-refractivity contribution in [3.63, 3.8) is 0 Å². The Hall–Kier alpha value is -0.120. The molecule has 0 saturated carbocycles. The van der Waals surface area contributed by atoms with E-state index in [1.807, 2.05) is 0 Å². The maximum Gasteiger partial charge on any atom is 0.0510 e. The molecule has 2 unspecified atom stereocenters. The second kappa shape index (κ2) is 4.40. The van der Waals surface area contributed by atoms with Gasteiger partial charge in [-0.15, -0.1) is 0 Å². The molecule has 2 N–H and O–H groups in total. The molecule has 2 saturated heterocycles. The fourth-order valence-electron chi connectivity index (χ4n) is 2.57. The van der Waals surface area contributed by atoms with Crippen LogP contribution >= 0.6 is 0 Å². The van der Waals surface area contributed by atoms with Crippen LogP contribution in [0.4, 0.5) is 0 Å². The van der Waals surface area contributed by atoms with Gasteiger partial charge in [0.2, 0.25) is 0 Å². The summed E-state index contributed by atoms with van der Waals surface area (Å²) in [5, 5.41) is 0. The average molecular weight is 184 g/mol. The smallest absolute Gasteiger partial charge is 0.0510 e. The molecule has 3 nitrogen and oxygen atoms in total. The van der Waals surface area contributed by atoms with Crippen LogP contribution in [0, 0.1) is 5.92 Å². The molecule has 0 aromatic heterocycles. The zero-order valence-corrected chi connectivity index (χ0v) is 8.24. The standard InChI is InChI=1S/C10H20N2O/c11-7-10(9-3-6-13-8-9)12-4-1-2-5-12/h9-10H,1-8,11H2. The molecular weight excluding hydrogens is 164 g/mol. The Kier molecular flexibility index (Phi) is 3.19. The third-order valence-corrected chi connectivity index (χ3v) is 3.36. The van der Waals surface area contributed by atoms with E-state index in [4.69, 9.17) is 10.5 Å². The van der Waals surface area contributed by atoms with E-state index in [9.17, 15) is 0 Å². The van der Waals surface area contributed by atoms with Crippen molar-refractivity contribution < 1.29 is 4.74 Å². The molecule has 3 heteroatoms. The van der Waals surface area contributed by atoms with Gasteiger partial charge >= 0.3 is 0 Å². The van der Waals surface area contributed by atoms with Crippen LogP contribution in [-0.2, 0) is 4.74 Å². The van der Waals surface area contributed by atoms with Crippen molar-refractivity contribution in [1.29, 1.82) is 0 Å². The molecule has 13 heavy (non-hydrogen) atoms.